The van der Waals surface area contributed by atoms with Crippen molar-refractivity contribution in [2.45, 2.75) is 39.5 Å². The summed E-state index contributed by atoms with van der Waals surface area (Å²) in [5.41, 5.74) is 7.97. The van der Waals surface area contributed by atoms with Gasteiger partial charge in [0, 0.05) is 5.02 Å². The number of rotatable bonds is 6. The highest BCUT2D eigenvalue weighted by atomic mass is 35.5. The number of hydrogen-bond acceptors (Lipinski definition) is 2. The van der Waals surface area contributed by atoms with Crippen LogP contribution in [0.3, 0.4) is 0 Å². The molecule has 0 heterocycles. The summed E-state index contributed by atoms with van der Waals surface area (Å²) in [4.78, 5) is 0. The summed E-state index contributed by atoms with van der Waals surface area (Å²) in [7, 11) is 1.73. The Labute approximate surface area is 115 Å². The van der Waals surface area contributed by atoms with Gasteiger partial charge in [0.15, 0.2) is 0 Å². The SMILES string of the molecule is COc1c(CC(C)CCN)cc(Cl)cc1C(C)C. The van der Waals surface area contributed by atoms with Crippen molar-refractivity contribution >= 4 is 11.6 Å². The maximum absolute atomic E-state index is 6.20. The van der Waals surface area contributed by atoms with Crippen LogP contribution in [0.4, 0.5) is 0 Å². The Bertz CT molecular complexity index is 390. The Morgan fingerprint density at radius 2 is 1.94 bits per heavy atom. The van der Waals surface area contributed by atoms with Crippen molar-refractivity contribution in [3.8, 4) is 5.75 Å². The summed E-state index contributed by atoms with van der Waals surface area (Å²) >= 11 is 6.20. The van der Waals surface area contributed by atoms with Gasteiger partial charge in [0.2, 0.25) is 0 Å². The number of hydrogen-bond donors (Lipinski definition) is 1. The summed E-state index contributed by atoms with van der Waals surface area (Å²) in [5.74, 6) is 1.93. The number of methoxy groups -OCH3 is 1. The largest absolute Gasteiger partial charge is 0.496 e. The first-order valence-electron chi connectivity index (χ1n) is 6.56. The third kappa shape index (κ3) is 3.89. The van der Waals surface area contributed by atoms with E-state index in [0.29, 0.717) is 11.8 Å². The van der Waals surface area contributed by atoms with Crippen LogP contribution in [-0.2, 0) is 6.42 Å². The second-order valence-electron chi connectivity index (χ2n) is 5.23. The average molecular weight is 270 g/mol. The van der Waals surface area contributed by atoms with Gasteiger partial charge in [-0.25, -0.2) is 0 Å². The molecule has 0 aliphatic carbocycles. The van der Waals surface area contributed by atoms with Crippen LogP contribution >= 0.6 is 11.6 Å². The van der Waals surface area contributed by atoms with E-state index in [1.807, 2.05) is 12.1 Å². The van der Waals surface area contributed by atoms with Crippen molar-refractivity contribution < 1.29 is 4.74 Å². The Hall–Kier alpha value is -0.730. The van der Waals surface area contributed by atoms with Gasteiger partial charge >= 0.3 is 0 Å². The lowest BCUT2D eigenvalue weighted by atomic mass is 9.93. The van der Waals surface area contributed by atoms with Gasteiger partial charge < -0.3 is 10.5 Å². The normalized spacial score (nSPS) is 12.8. The second-order valence-corrected chi connectivity index (χ2v) is 5.67. The molecule has 0 aromatic heterocycles. The predicted octanol–water partition coefficient (Wildman–Crippen LogP) is 4.00. The van der Waals surface area contributed by atoms with Crippen molar-refractivity contribution in [1.29, 1.82) is 0 Å². The van der Waals surface area contributed by atoms with E-state index >= 15 is 0 Å². The quantitative estimate of drug-likeness (QED) is 0.847. The topological polar surface area (TPSA) is 35.2 Å². The van der Waals surface area contributed by atoms with Gasteiger partial charge in [0.1, 0.15) is 5.75 Å². The highest BCUT2D eigenvalue weighted by molar-refractivity contribution is 6.30. The van der Waals surface area contributed by atoms with Gasteiger partial charge in [-0.3, -0.25) is 0 Å². The predicted molar refractivity (Wildman–Crippen MR) is 78.6 cm³/mol. The highest BCUT2D eigenvalue weighted by Gasteiger charge is 2.15. The summed E-state index contributed by atoms with van der Waals surface area (Å²) in [6, 6.07) is 4.02. The van der Waals surface area contributed by atoms with E-state index in [1.165, 1.54) is 11.1 Å². The van der Waals surface area contributed by atoms with E-state index in [1.54, 1.807) is 7.11 Å². The van der Waals surface area contributed by atoms with Crippen molar-refractivity contribution in [1.82, 2.24) is 0 Å². The van der Waals surface area contributed by atoms with Crippen molar-refractivity contribution in [2.75, 3.05) is 13.7 Å². The molecule has 0 amide bonds. The van der Waals surface area contributed by atoms with Crippen LogP contribution in [0.2, 0.25) is 5.02 Å². The molecule has 0 saturated heterocycles. The molecule has 102 valence electrons. The minimum Gasteiger partial charge on any atom is -0.496 e. The van der Waals surface area contributed by atoms with E-state index in [-0.39, 0.29) is 0 Å². The zero-order chi connectivity index (χ0) is 13.7. The van der Waals surface area contributed by atoms with Gasteiger partial charge in [-0.05, 0) is 54.5 Å². The lowest BCUT2D eigenvalue weighted by molar-refractivity contribution is 0.397. The molecule has 0 fully saturated rings. The second kappa shape index (κ2) is 7.01. The van der Waals surface area contributed by atoms with E-state index in [2.05, 4.69) is 20.8 Å². The van der Waals surface area contributed by atoms with E-state index in [9.17, 15) is 0 Å². The minimum atomic E-state index is 0.405. The number of halogens is 1. The maximum atomic E-state index is 6.20. The average Bonchev–Trinajstić information content (AvgIpc) is 2.28. The number of ether oxygens (including phenoxy) is 1. The fourth-order valence-electron chi connectivity index (χ4n) is 2.26. The fraction of sp³-hybridized carbons (Fsp3) is 0.600. The summed E-state index contributed by atoms with van der Waals surface area (Å²) < 4.78 is 5.58. The first-order chi connectivity index (χ1) is 8.49. The molecule has 18 heavy (non-hydrogen) atoms. The van der Waals surface area contributed by atoms with Crippen LogP contribution in [0.1, 0.15) is 44.2 Å². The minimum absolute atomic E-state index is 0.405. The van der Waals surface area contributed by atoms with Crippen LogP contribution in [0, 0.1) is 5.92 Å². The standard InChI is InChI=1S/C15H24ClNO/c1-10(2)14-9-13(16)8-12(15(14)18-4)7-11(3)5-6-17/h8-11H,5-7,17H2,1-4H3. The van der Waals surface area contributed by atoms with E-state index in [0.717, 1.165) is 30.2 Å². The zero-order valence-electron chi connectivity index (χ0n) is 11.8. The first-order valence-corrected chi connectivity index (χ1v) is 6.93. The zero-order valence-corrected chi connectivity index (χ0v) is 12.6. The van der Waals surface area contributed by atoms with Crippen LogP contribution in [0.5, 0.6) is 5.75 Å². The Balaban J connectivity index is 3.09. The van der Waals surface area contributed by atoms with Gasteiger partial charge in [0.05, 0.1) is 7.11 Å². The molecular formula is C15H24ClNO. The Morgan fingerprint density at radius 1 is 1.28 bits per heavy atom. The van der Waals surface area contributed by atoms with Crippen molar-refractivity contribution in [2.24, 2.45) is 11.7 Å². The molecule has 1 rings (SSSR count). The monoisotopic (exact) mass is 269 g/mol. The van der Waals surface area contributed by atoms with Crippen LogP contribution in [-0.4, -0.2) is 13.7 Å². The molecule has 2 N–H and O–H groups in total. The van der Waals surface area contributed by atoms with Gasteiger partial charge in [-0.1, -0.05) is 32.4 Å². The number of nitrogens with two attached hydrogens (primary N) is 1. The third-order valence-electron chi connectivity index (χ3n) is 3.21. The molecule has 0 spiro atoms. The first kappa shape index (κ1) is 15.3. The molecule has 3 heteroatoms. The van der Waals surface area contributed by atoms with Crippen molar-refractivity contribution in [3.05, 3.63) is 28.3 Å². The fourth-order valence-corrected chi connectivity index (χ4v) is 2.51. The van der Waals surface area contributed by atoms with Crippen molar-refractivity contribution in [3.63, 3.8) is 0 Å². The molecule has 0 aliphatic rings. The summed E-state index contributed by atoms with van der Waals surface area (Å²) in [6.07, 6.45) is 1.98. The molecule has 1 atom stereocenters. The molecule has 1 unspecified atom stereocenters. The van der Waals surface area contributed by atoms with Gasteiger partial charge in [-0.15, -0.1) is 0 Å². The molecule has 0 bridgehead atoms. The third-order valence-corrected chi connectivity index (χ3v) is 3.43. The lowest BCUT2D eigenvalue weighted by Gasteiger charge is -2.19. The summed E-state index contributed by atoms with van der Waals surface area (Å²) in [5, 5.41) is 0.787. The van der Waals surface area contributed by atoms with Crippen LogP contribution < -0.4 is 10.5 Å². The Kier molecular flexibility index (Phi) is 5.97. The van der Waals surface area contributed by atoms with Gasteiger partial charge in [-0.2, -0.15) is 0 Å². The molecule has 2 nitrogen and oxygen atoms in total. The smallest absolute Gasteiger partial charge is 0.125 e. The molecule has 1 aromatic rings. The van der Waals surface area contributed by atoms with Crippen LogP contribution in [0.15, 0.2) is 12.1 Å². The highest BCUT2D eigenvalue weighted by Crippen LogP contribution is 2.34. The maximum Gasteiger partial charge on any atom is 0.125 e. The number of benzene rings is 1. The molecule has 0 radical (unpaired) electrons. The molecule has 1 aromatic carbocycles. The van der Waals surface area contributed by atoms with E-state index < -0.39 is 0 Å². The summed E-state index contributed by atoms with van der Waals surface area (Å²) in [6.45, 7) is 7.24. The lowest BCUT2D eigenvalue weighted by Crippen LogP contribution is -2.09. The Morgan fingerprint density at radius 3 is 2.44 bits per heavy atom. The molecular weight excluding hydrogens is 246 g/mol. The molecule has 0 saturated carbocycles. The van der Waals surface area contributed by atoms with Crippen LogP contribution in [0.25, 0.3) is 0 Å². The van der Waals surface area contributed by atoms with Gasteiger partial charge in [0.25, 0.3) is 0 Å². The molecule has 0 aliphatic heterocycles. The van der Waals surface area contributed by atoms with E-state index in [4.69, 9.17) is 22.1 Å².